The molecule has 1 aromatic rings. The Morgan fingerprint density at radius 2 is 1.82 bits per heavy atom. The normalized spacial score (nSPS) is 22.7. The molecule has 0 saturated carbocycles. The van der Waals surface area contributed by atoms with Gasteiger partial charge in [0.05, 0.1) is 6.04 Å². The fourth-order valence-corrected chi connectivity index (χ4v) is 3.53. The lowest BCUT2D eigenvalue weighted by atomic mass is 9.99. The maximum absolute atomic E-state index is 6.21. The van der Waals surface area contributed by atoms with Gasteiger partial charge in [-0.25, -0.2) is 0 Å². The van der Waals surface area contributed by atoms with Gasteiger partial charge in [-0.3, -0.25) is 4.90 Å². The highest BCUT2D eigenvalue weighted by Gasteiger charge is 2.24. The maximum Gasteiger partial charge on any atom is 0.0504 e. The minimum Gasteiger partial charge on any atom is -0.326 e. The fraction of sp³-hybridized carbons (Fsp3) is 0.714. The van der Waals surface area contributed by atoms with Crippen LogP contribution in [0.15, 0.2) is 16.8 Å². The van der Waals surface area contributed by atoms with Crippen LogP contribution in [0.1, 0.15) is 50.6 Å². The molecule has 0 aromatic carbocycles. The van der Waals surface area contributed by atoms with Crippen LogP contribution in [-0.4, -0.2) is 24.0 Å². The molecule has 2 nitrogen and oxygen atoms in total. The maximum atomic E-state index is 6.21. The van der Waals surface area contributed by atoms with Gasteiger partial charge in [0.25, 0.3) is 0 Å². The number of thiophene rings is 1. The Bertz CT molecular complexity index is 300. The number of hydrogen-bond acceptors (Lipinski definition) is 3. The first-order chi connectivity index (χ1) is 8.29. The Morgan fingerprint density at radius 1 is 1.18 bits per heavy atom. The monoisotopic (exact) mass is 252 g/mol. The Balaban J connectivity index is 2.08. The SMILES string of the molecule is CC(N)C(c1ccsc1)N1CCCCCCC1. The molecule has 1 aliphatic rings. The van der Waals surface area contributed by atoms with Gasteiger partial charge in [-0.05, 0) is 55.2 Å². The van der Waals surface area contributed by atoms with E-state index in [1.54, 1.807) is 11.3 Å². The lowest BCUT2D eigenvalue weighted by Crippen LogP contribution is -2.40. The van der Waals surface area contributed by atoms with E-state index in [9.17, 15) is 0 Å². The molecule has 0 bridgehead atoms. The molecule has 2 atom stereocenters. The van der Waals surface area contributed by atoms with Crippen molar-refractivity contribution in [3.05, 3.63) is 22.4 Å². The van der Waals surface area contributed by atoms with Crippen molar-refractivity contribution < 1.29 is 0 Å². The van der Waals surface area contributed by atoms with Gasteiger partial charge in [0.15, 0.2) is 0 Å². The molecule has 0 amide bonds. The van der Waals surface area contributed by atoms with Crippen LogP contribution in [0.3, 0.4) is 0 Å². The summed E-state index contributed by atoms with van der Waals surface area (Å²) < 4.78 is 0. The van der Waals surface area contributed by atoms with Crippen molar-refractivity contribution in [1.82, 2.24) is 4.90 Å². The first kappa shape index (κ1) is 13.1. The van der Waals surface area contributed by atoms with Gasteiger partial charge in [0.2, 0.25) is 0 Å². The molecule has 1 fully saturated rings. The van der Waals surface area contributed by atoms with Crippen LogP contribution in [-0.2, 0) is 0 Å². The van der Waals surface area contributed by atoms with Crippen LogP contribution in [0.5, 0.6) is 0 Å². The van der Waals surface area contributed by atoms with Crippen LogP contribution < -0.4 is 5.73 Å². The van der Waals surface area contributed by atoms with Crippen molar-refractivity contribution in [2.75, 3.05) is 13.1 Å². The molecule has 2 unspecified atom stereocenters. The van der Waals surface area contributed by atoms with E-state index in [0.29, 0.717) is 6.04 Å². The van der Waals surface area contributed by atoms with Gasteiger partial charge in [-0.15, -0.1) is 0 Å². The number of likely N-dealkylation sites (tertiary alicyclic amines) is 1. The standard InChI is InChI=1S/C14H24N2S/c1-12(15)14(13-7-10-17-11-13)16-8-5-3-2-4-6-9-16/h7,10-12,14H,2-6,8-9,15H2,1H3. The highest BCUT2D eigenvalue weighted by molar-refractivity contribution is 7.07. The van der Waals surface area contributed by atoms with Crippen LogP contribution in [0.25, 0.3) is 0 Å². The minimum absolute atomic E-state index is 0.212. The van der Waals surface area contributed by atoms with Crippen molar-refractivity contribution >= 4 is 11.3 Å². The summed E-state index contributed by atoms with van der Waals surface area (Å²) in [7, 11) is 0. The molecule has 0 spiro atoms. The lowest BCUT2D eigenvalue weighted by molar-refractivity contribution is 0.161. The molecule has 1 aliphatic heterocycles. The third kappa shape index (κ3) is 3.54. The van der Waals surface area contributed by atoms with E-state index >= 15 is 0 Å². The number of rotatable bonds is 3. The molecular formula is C14H24N2S. The first-order valence-electron chi connectivity index (χ1n) is 6.81. The van der Waals surface area contributed by atoms with E-state index in [0.717, 1.165) is 0 Å². The van der Waals surface area contributed by atoms with Crippen LogP contribution >= 0.6 is 11.3 Å². The summed E-state index contributed by atoms with van der Waals surface area (Å²) in [6.07, 6.45) is 6.83. The topological polar surface area (TPSA) is 29.3 Å². The van der Waals surface area contributed by atoms with Crippen LogP contribution in [0, 0.1) is 0 Å². The zero-order valence-electron chi connectivity index (χ0n) is 10.8. The molecule has 17 heavy (non-hydrogen) atoms. The zero-order chi connectivity index (χ0) is 12.1. The van der Waals surface area contributed by atoms with E-state index in [4.69, 9.17) is 5.73 Å². The van der Waals surface area contributed by atoms with Crippen LogP contribution in [0.4, 0.5) is 0 Å². The van der Waals surface area contributed by atoms with Crippen molar-refractivity contribution in [2.45, 2.75) is 51.1 Å². The van der Waals surface area contributed by atoms with Gasteiger partial charge >= 0.3 is 0 Å². The molecule has 0 radical (unpaired) electrons. The Hall–Kier alpha value is -0.380. The largest absolute Gasteiger partial charge is 0.326 e. The molecule has 2 N–H and O–H groups in total. The Morgan fingerprint density at radius 3 is 2.35 bits per heavy atom. The number of nitrogens with zero attached hydrogens (tertiary/aromatic N) is 1. The van der Waals surface area contributed by atoms with Crippen molar-refractivity contribution in [2.24, 2.45) is 5.73 Å². The summed E-state index contributed by atoms with van der Waals surface area (Å²) in [4.78, 5) is 2.60. The first-order valence-corrected chi connectivity index (χ1v) is 7.75. The second-order valence-corrected chi connectivity index (χ2v) is 5.94. The molecule has 1 aromatic heterocycles. The summed E-state index contributed by atoms with van der Waals surface area (Å²) in [5, 5.41) is 4.42. The summed E-state index contributed by atoms with van der Waals surface area (Å²) in [6.45, 7) is 4.56. The van der Waals surface area contributed by atoms with Gasteiger partial charge in [-0.1, -0.05) is 19.3 Å². The third-order valence-corrected chi connectivity index (χ3v) is 4.37. The second kappa shape index (κ2) is 6.53. The van der Waals surface area contributed by atoms with Gasteiger partial charge < -0.3 is 5.73 Å². The smallest absolute Gasteiger partial charge is 0.0504 e. The molecule has 96 valence electrons. The van der Waals surface area contributed by atoms with E-state index < -0.39 is 0 Å². The molecule has 0 aliphatic carbocycles. The highest BCUT2D eigenvalue weighted by Crippen LogP contribution is 2.27. The van der Waals surface area contributed by atoms with Gasteiger partial charge in [-0.2, -0.15) is 11.3 Å². The Kier molecular flexibility index (Phi) is 5.01. The van der Waals surface area contributed by atoms with E-state index in [1.165, 1.54) is 50.8 Å². The van der Waals surface area contributed by atoms with Crippen molar-refractivity contribution in [3.63, 3.8) is 0 Å². The number of hydrogen-bond donors (Lipinski definition) is 1. The predicted octanol–water partition coefficient (Wildman–Crippen LogP) is 3.40. The van der Waals surface area contributed by atoms with E-state index in [1.807, 2.05) is 0 Å². The number of nitrogens with two attached hydrogens (primary N) is 1. The second-order valence-electron chi connectivity index (χ2n) is 5.16. The summed E-state index contributed by atoms with van der Waals surface area (Å²) in [5.41, 5.74) is 7.62. The average molecular weight is 252 g/mol. The molecule has 3 heteroatoms. The molecular weight excluding hydrogens is 228 g/mol. The van der Waals surface area contributed by atoms with E-state index in [2.05, 4.69) is 28.7 Å². The van der Waals surface area contributed by atoms with E-state index in [-0.39, 0.29) is 6.04 Å². The summed E-state index contributed by atoms with van der Waals surface area (Å²) in [6, 6.07) is 2.86. The fourth-order valence-electron chi connectivity index (χ4n) is 2.84. The summed E-state index contributed by atoms with van der Waals surface area (Å²) in [5.74, 6) is 0. The summed E-state index contributed by atoms with van der Waals surface area (Å²) >= 11 is 1.78. The van der Waals surface area contributed by atoms with Crippen molar-refractivity contribution in [3.8, 4) is 0 Å². The predicted molar refractivity (Wildman–Crippen MR) is 75.4 cm³/mol. The van der Waals surface area contributed by atoms with Gasteiger partial charge in [0, 0.05) is 6.04 Å². The van der Waals surface area contributed by atoms with Crippen LogP contribution in [0.2, 0.25) is 0 Å². The lowest BCUT2D eigenvalue weighted by Gasteiger charge is -2.35. The highest BCUT2D eigenvalue weighted by atomic mass is 32.1. The third-order valence-electron chi connectivity index (χ3n) is 3.67. The average Bonchev–Trinajstić information content (AvgIpc) is 2.74. The van der Waals surface area contributed by atoms with Crippen molar-refractivity contribution in [1.29, 1.82) is 0 Å². The quantitative estimate of drug-likeness (QED) is 0.893. The minimum atomic E-state index is 0.212. The Labute approximate surface area is 109 Å². The van der Waals surface area contributed by atoms with Gasteiger partial charge in [0.1, 0.15) is 0 Å². The molecule has 1 saturated heterocycles. The molecule has 2 heterocycles. The molecule has 2 rings (SSSR count). The zero-order valence-corrected chi connectivity index (χ0v) is 11.6.